The van der Waals surface area contributed by atoms with E-state index in [2.05, 4.69) is 0 Å². The molecule has 1 saturated carbocycles. The van der Waals surface area contributed by atoms with Crippen LogP contribution in [0.1, 0.15) is 41.6 Å². The van der Waals surface area contributed by atoms with Gasteiger partial charge in [0, 0.05) is 12.6 Å². The molecule has 1 amide bonds. The number of carbonyl (C=O) groups is 1. The van der Waals surface area contributed by atoms with Gasteiger partial charge in [-0.2, -0.15) is 0 Å². The van der Waals surface area contributed by atoms with Gasteiger partial charge in [0.2, 0.25) is 0 Å². The Morgan fingerprint density at radius 3 is 2.68 bits per heavy atom. The Labute approximate surface area is 113 Å². The summed E-state index contributed by atoms with van der Waals surface area (Å²) in [6.07, 6.45) is 4.22. The molecule has 104 valence electrons. The fraction of sp³-hybridized carbons (Fsp3) is 0.533. The zero-order valence-electron chi connectivity index (χ0n) is 11.3. The molecular formula is C15H21NO3. The van der Waals surface area contributed by atoms with Gasteiger partial charge in [0.1, 0.15) is 5.75 Å². The molecule has 2 N–H and O–H groups in total. The van der Waals surface area contributed by atoms with Crippen LogP contribution >= 0.6 is 0 Å². The first-order valence-corrected chi connectivity index (χ1v) is 6.85. The third kappa shape index (κ3) is 3.07. The summed E-state index contributed by atoms with van der Waals surface area (Å²) < 4.78 is 0. The highest BCUT2D eigenvalue weighted by Gasteiger charge is 2.28. The molecule has 0 heterocycles. The Morgan fingerprint density at radius 1 is 1.37 bits per heavy atom. The van der Waals surface area contributed by atoms with E-state index in [1.54, 1.807) is 23.1 Å². The van der Waals surface area contributed by atoms with Gasteiger partial charge in [0.15, 0.2) is 0 Å². The van der Waals surface area contributed by atoms with E-state index < -0.39 is 0 Å². The number of amides is 1. The third-order valence-corrected chi connectivity index (χ3v) is 3.75. The lowest BCUT2D eigenvalue weighted by Crippen LogP contribution is -2.40. The SMILES string of the molecule is Cc1ccc(O)c(C(=O)N(CCO)C2CCCC2)c1. The average molecular weight is 263 g/mol. The van der Waals surface area contributed by atoms with Gasteiger partial charge in [-0.05, 0) is 31.9 Å². The first kappa shape index (κ1) is 13.9. The van der Waals surface area contributed by atoms with Crippen molar-refractivity contribution in [1.82, 2.24) is 4.90 Å². The number of rotatable bonds is 4. The second-order valence-electron chi connectivity index (χ2n) is 5.18. The van der Waals surface area contributed by atoms with Crippen molar-refractivity contribution in [1.29, 1.82) is 0 Å². The molecule has 0 radical (unpaired) electrons. The van der Waals surface area contributed by atoms with Crippen LogP contribution in [-0.2, 0) is 0 Å². The molecule has 0 aromatic heterocycles. The molecule has 0 spiro atoms. The molecular weight excluding hydrogens is 242 g/mol. The quantitative estimate of drug-likeness (QED) is 0.874. The van der Waals surface area contributed by atoms with Gasteiger partial charge in [-0.15, -0.1) is 0 Å². The number of aromatic hydroxyl groups is 1. The summed E-state index contributed by atoms with van der Waals surface area (Å²) in [5, 5.41) is 19.0. The highest BCUT2D eigenvalue weighted by Crippen LogP contribution is 2.27. The zero-order chi connectivity index (χ0) is 13.8. The van der Waals surface area contributed by atoms with Gasteiger partial charge in [-0.25, -0.2) is 0 Å². The number of aliphatic hydroxyl groups excluding tert-OH is 1. The summed E-state index contributed by atoms with van der Waals surface area (Å²) in [7, 11) is 0. The summed E-state index contributed by atoms with van der Waals surface area (Å²) in [6.45, 7) is 2.17. The maximum absolute atomic E-state index is 12.5. The van der Waals surface area contributed by atoms with Gasteiger partial charge < -0.3 is 15.1 Å². The minimum Gasteiger partial charge on any atom is -0.507 e. The maximum Gasteiger partial charge on any atom is 0.257 e. The second kappa shape index (κ2) is 6.06. The van der Waals surface area contributed by atoms with E-state index in [1.807, 2.05) is 6.92 Å². The molecule has 1 aliphatic carbocycles. The Morgan fingerprint density at radius 2 is 2.05 bits per heavy atom. The minimum atomic E-state index is -0.179. The number of nitrogens with zero attached hydrogens (tertiary/aromatic N) is 1. The summed E-state index contributed by atoms with van der Waals surface area (Å²) in [5.74, 6) is -0.168. The van der Waals surface area contributed by atoms with E-state index >= 15 is 0 Å². The molecule has 2 rings (SSSR count). The van der Waals surface area contributed by atoms with Crippen LogP contribution in [0, 0.1) is 6.92 Å². The maximum atomic E-state index is 12.5. The molecule has 1 aromatic rings. The van der Waals surface area contributed by atoms with Crippen LogP contribution in [0.4, 0.5) is 0 Å². The molecule has 0 aliphatic heterocycles. The van der Waals surface area contributed by atoms with Crippen molar-refractivity contribution in [2.75, 3.05) is 13.2 Å². The van der Waals surface area contributed by atoms with E-state index in [0.29, 0.717) is 12.1 Å². The zero-order valence-corrected chi connectivity index (χ0v) is 11.3. The number of aryl methyl sites for hydroxylation is 1. The smallest absolute Gasteiger partial charge is 0.257 e. The van der Waals surface area contributed by atoms with Gasteiger partial charge in [-0.1, -0.05) is 24.5 Å². The molecule has 1 aromatic carbocycles. The van der Waals surface area contributed by atoms with Crippen molar-refractivity contribution >= 4 is 5.91 Å². The van der Waals surface area contributed by atoms with E-state index in [0.717, 1.165) is 31.2 Å². The largest absolute Gasteiger partial charge is 0.507 e. The van der Waals surface area contributed by atoms with Crippen molar-refractivity contribution in [2.24, 2.45) is 0 Å². The highest BCUT2D eigenvalue weighted by molar-refractivity contribution is 5.97. The van der Waals surface area contributed by atoms with Crippen molar-refractivity contribution < 1.29 is 15.0 Å². The van der Waals surface area contributed by atoms with E-state index in [4.69, 9.17) is 5.11 Å². The summed E-state index contributed by atoms with van der Waals surface area (Å²) >= 11 is 0. The number of benzene rings is 1. The molecule has 0 unspecified atom stereocenters. The Balaban J connectivity index is 2.25. The fourth-order valence-corrected chi connectivity index (χ4v) is 2.75. The average Bonchev–Trinajstić information content (AvgIpc) is 2.92. The molecule has 4 heteroatoms. The third-order valence-electron chi connectivity index (χ3n) is 3.75. The molecule has 0 atom stereocenters. The van der Waals surface area contributed by atoms with Crippen molar-refractivity contribution in [3.63, 3.8) is 0 Å². The predicted octanol–water partition coefficient (Wildman–Crippen LogP) is 2.08. The number of phenolic OH excluding ortho intramolecular Hbond substituents is 1. The van der Waals surface area contributed by atoms with Crippen molar-refractivity contribution in [3.8, 4) is 5.75 Å². The van der Waals surface area contributed by atoms with Crippen molar-refractivity contribution in [2.45, 2.75) is 38.6 Å². The summed E-state index contributed by atoms with van der Waals surface area (Å²) in [5.41, 5.74) is 1.27. The van der Waals surface area contributed by atoms with Crippen molar-refractivity contribution in [3.05, 3.63) is 29.3 Å². The van der Waals surface area contributed by atoms with Gasteiger partial charge in [-0.3, -0.25) is 4.79 Å². The van der Waals surface area contributed by atoms with Crippen LogP contribution in [-0.4, -0.2) is 40.2 Å². The van der Waals surface area contributed by atoms with Crippen LogP contribution in [0.3, 0.4) is 0 Å². The first-order valence-electron chi connectivity index (χ1n) is 6.85. The number of hydrogen-bond donors (Lipinski definition) is 2. The first-order chi connectivity index (χ1) is 9.13. The molecule has 4 nitrogen and oxygen atoms in total. The molecule has 1 fully saturated rings. The lowest BCUT2D eigenvalue weighted by Gasteiger charge is -2.28. The Hall–Kier alpha value is -1.55. The topological polar surface area (TPSA) is 60.8 Å². The molecule has 1 aliphatic rings. The van der Waals surface area contributed by atoms with Crippen LogP contribution < -0.4 is 0 Å². The second-order valence-corrected chi connectivity index (χ2v) is 5.18. The standard InChI is InChI=1S/C15H21NO3/c1-11-6-7-14(18)13(10-11)15(19)16(8-9-17)12-4-2-3-5-12/h6-7,10,12,17-18H,2-5,8-9H2,1H3. The van der Waals surface area contributed by atoms with Gasteiger partial charge >= 0.3 is 0 Å². The lowest BCUT2D eigenvalue weighted by molar-refractivity contribution is 0.0635. The van der Waals surface area contributed by atoms with Gasteiger partial charge in [0.25, 0.3) is 5.91 Å². The summed E-state index contributed by atoms with van der Waals surface area (Å²) in [4.78, 5) is 14.3. The van der Waals surface area contributed by atoms with E-state index in [1.165, 1.54) is 0 Å². The molecule has 0 saturated heterocycles. The number of carbonyl (C=O) groups excluding carboxylic acids is 1. The van der Waals surface area contributed by atoms with E-state index in [-0.39, 0.29) is 24.3 Å². The van der Waals surface area contributed by atoms with Crippen LogP contribution in [0.25, 0.3) is 0 Å². The van der Waals surface area contributed by atoms with Crippen LogP contribution in [0.5, 0.6) is 5.75 Å². The minimum absolute atomic E-state index is 0.0107. The number of hydrogen-bond acceptors (Lipinski definition) is 3. The predicted molar refractivity (Wildman–Crippen MR) is 73.2 cm³/mol. The van der Waals surface area contributed by atoms with Crippen LogP contribution in [0.15, 0.2) is 18.2 Å². The normalized spacial score (nSPS) is 15.7. The fourth-order valence-electron chi connectivity index (χ4n) is 2.75. The number of phenols is 1. The van der Waals surface area contributed by atoms with E-state index in [9.17, 15) is 9.90 Å². The highest BCUT2D eigenvalue weighted by atomic mass is 16.3. The van der Waals surface area contributed by atoms with Gasteiger partial charge in [0.05, 0.1) is 12.2 Å². The Bertz CT molecular complexity index is 453. The number of aliphatic hydroxyl groups is 1. The Kier molecular flexibility index (Phi) is 4.43. The lowest BCUT2D eigenvalue weighted by atomic mass is 10.1. The summed E-state index contributed by atoms with van der Waals surface area (Å²) in [6, 6.07) is 5.23. The molecule has 19 heavy (non-hydrogen) atoms. The molecule has 0 bridgehead atoms. The van der Waals surface area contributed by atoms with Crippen LogP contribution in [0.2, 0.25) is 0 Å². The monoisotopic (exact) mass is 263 g/mol.